The highest BCUT2D eigenvalue weighted by Crippen LogP contribution is 2.33. The van der Waals surface area contributed by atoms with Gasteiger partial charge in [-0.05, 0) is 25.1 Å². The summed E-state index contributed by atoms with van der Waals surface area (Å²) in [4.78, 5) is 25.1. The minimum atomic E-state index is -0.296. The molecule has 0 bridgehead atoms. The second-order valence-electron chi connectivity index (χ2n) is 6.23. The highest BCUT2D eigenvalue weighted by Gasteiger charge is 2.28. The average molecular weight is 359 g/mol. The summed E-state index contributed by atoms with van der Waals surface area (Å²) >= 11 is 6.09. The van der Waals surface area contributed by atoms with E-state index in [-0.39, 0.29) is 11.9 Å². The number of hydrogen-bond donors (Lipinski definition) is 2. The molecule has 1 atom stereocenters. The largest absolute Gasteiger partial charge is 0.368 e. The molecular weight excluding hydrogens is 340 g/mol. The molecule has 2 N–H and O–H groups in total. The molecule has 0 spiro atoms. The second-order valence-corrected chi connectivity index (χ2v) is 6.67. The van der Waals surface area contributed by atoms with Gasteiger partial charge in [-0.15, -0.1) is 0 Å². The van der Waals surface area contributed by atoms with Gasteiger partial charge in [0.15, 0.2) is 11.6 Å². The zero-order valence-electron chi connectivity index (χ0n) is 13.9. The molecule has 1 amide bonds. The molecule has 7 nitrogen and oxygen atoms in total. The number of carbonyl (C=O) groups is 1. The van der Waals surface area contributed by atoms with E-state index in [1.54, 1.807) is 0 Å². The van der Waals surface area contributed by atoms with Crippen LogP contribution in [0.25, 0.3) is 0 Å². The molecule has 1 aromatic heterocycles. The van der Waals surface area contributed by atoms with Gasteiger partial charge in [0, 0.05) is 36.9 Å². The summed E-state index contributed by atoms with van der Waals surface area (Å²) in [5, 5.41) is 6.79. The third-order valence-electron chi connectivity index (χ3n) is 4.57. The number of benzene rings is 1. The Bertz CT molecular complexity index is 805. The van der Waals surface area contributed by atoms with Crippen molar-refractivity contribution in [1.82, 2.24) is 9.97 Å². The van der Waals surface area contributed by atoms with E-state index in [1.807, 2.05) is 25.1 Å². The number of carbonyl (C=O) groups excluding carboxylic acids is 1. The van der Waals surface area contributed by atoms with Gasteiger partial charge in [-0.25, -0.2) is 9.97 Å². The van der Waals surface area contributed by atoms with Crippen molar-refractivity contribution >= 4 is 40.5 Å². The zero-order valence-corrected chi connectivity index (χ0v) is 14.6. The van der Waals surface area contributed by atoms with E-state index >= 15 is 0 Å². The quantitative estimate of drug-likeness (QED) is 0.857. The number of piperazine rings is 1. The molecule has 25 heavy (non-hydrogen) atoms. The Balaban J connectivity index is 1.52. The zero-order chi connectivity index (χ0) is 17.4. The lowest BCUT2D eigenvalue weighted by Gasteiger charge is -2.38. The number of aromatic nitrogens is 2. The SMILES string of the molecule is CC1Nc2ncnc(N3CCN(c4cccc(Cl)c4)CC3)c2NC1=O. The van der Waals surface area contributed by atoms with Gasteiger partial charge < -0.3 is 20.4 Å². The maximum Gasteiger partial charge on any atom is 0.246 e. The number of rotatable bonds is 2. The molecule has 2 aliphatic heterocycles. The molecule has 3 heterocycles. The third kappa shape index (κ3) is 3.07. The normalized spacial score (nSPS) is 19.9. The van der Waals surface area contributed by atoms with Crippen LogP contribution in [-0.4, -0.2) is 48.1 Å². The predicted molar refractivity (Wildman–Crippen MR) is 99.6 cm³/mol. The molecule has 2 aliphatic rings. The minimum Gasteiger partial charge on any atom is -0.368 e. The molecule has 1 fully saturated rings. The van der Waals surface area contributed by atoms with Gasteiger partial charge in [-0.2, -0.15) is 0 Å². The van der Waals surface area contributed by atoms with Gasteiger partial charge >= 0.3 is 0 Å². The highest BCUT2D eigenvalue weighted by molar-refractivity contribution is 6.30. The van der Waals surface area contributed by atoms with Gasteiger partial charge in [-0.3, -0.25) is 4.79 Å². The summed E-state index contributed by atoms with van der Waals surface area (Å²) in [5.74, 6) is 1.37. The van der Waals surface area contributed by atoms with Gasteiger partial charge in [0.2, 0.25) is 5.91 Å². The molecule has 8 heteroatoms. The number of halogens is 1. The van der Waals surface area contributed by atoms with Gasteiger partial charge in [0.05, 0.1) is 0 Å². The summed E-state index contributed by atoms with van der Waals surface area (Å²) in [5.41, 5.74) is 1.79. The number of fused-ring (bicyclic) bond motifs is 1. The van der Waals surface area contributed by atoms with E-state index in [0.29, 0.717) is 11.5 Å². The maximum atomic E-state index is 12.0. The monoisotopic (exact) mass is 358 g/mol. The highest BCUT2D eigenvalue weighted by atomic mass is 35.5. The molecule has 4 rings (SSSR count). The van der Waals surface area contributed by atoms with Crippen LogP contribution >= 0.6 is 11.6 Å². The van der Waals surface area contributed by atoms with Crippen LogP contribution in [0.1, 0.15) is 6.92 Å². The number of hydrogen-bond acceptors (Lipinski definition) is 6. The van der Waals surface area contributed by atoms with Crippen molar-refractivity contribution in [2.45, 2.75) is 13.0 Å². The summed E-state index contributed by atoms with van der Waals surface area (Å²) in [6.07, 6.45) is 1.54. The van der Waals surface area contributed by atoms with E-state index in [9.17, 15) is 4.79 Å². The first-order valence-electron chi connectivity index (χ1n) is 8.29. The molecular formula is C17H19ClN6O. The lowest BCUT2D eigenvalue weighted by molar-refractivity contribution is -0.116. The van der Waals surface area contributed by atoms with Crippen molar-refractivity contribution in [1.29, 1.82) is 0 Å². The van der Waals surface area contributed by atoms with Crippen molar-refractivity contribution in [2.24, 2.45) is 0 Å². The van der Waals surface area contributed by atoms with Crippen molar-refractivity contribution in [3.8, 4) is 0 Å². The van der Waals surface area contributed by atoms with E-state index in [0.717, 1.165) is 42.7 Å². The van der Waals surface area contributed by atoms with E-state index in [2.05, 4.69) is 36.5 Å². The Morgan fingerprint density at radius 2 is 1.92 bits per heavy atom. The topological polar surface area (TPSA) is 73.4 Å². The summed E-state index contributed by atoms with van der Waals surface area (Å²) in [7, 11) is 0. The Kier molecular flexibility index (Phi) is 4.09. The molecule has 2 aromatic rings. The third-order valence-corrected chi connectivity index (χ3v) is 4.81. The van der Waals surface area contributed by atoms with E-state index in [1.165, 1.54) is 6.33 Å². The molecule has 0 radical (unpaired) electrons. The molecule has 0 aliphatic carbocycles. The fraction of sp³-hybridized carbons (Fsp3) is 0.353. The van der Waals surface area contributed by atoms with Crippen LogP contribution in [0.5, 0.6) is 0 Å². The van der Waals surface area contributed by atoms with Crippen LogP contribution in [0, 0.1) is 0 Å². The maximum absolute atomic E-state index is 12.0. The number of anilines is 4. The number of nitrogens with zero attached hydrogens (tertiary/aromatic N) is 4. The van der Waals surface area contributed by atoms with Crippen LogP contribution in [0.2, 0.25) is 5.02 Å². The van der Waals surface area contributed by atoms with Crippen molar-refractivity contribution in [3.05, 3.63) is 35.6 Å². The Labute approximate surface area is 151 Å². The fourth-order valence-corrected chi connectivity index (χ4v) is 3.38. The standard InChI is InChI=1S/C17H19ClN6O/c1-11-17(25)22-14-15(21-11)19-10-20-16(14)24-7-5-23(6-8-24)13-4-2-3-12(18)9-13/h2-4,9-11H,5-8H2,1H3,(H,22,25)(H,19,20,21). The summed E-state index contributed by atoms with van der Waals surface area (Å²) < 4.78 is 0. The van der Waals surface area contributed by atoms with Crippen LogP contribution in [0.3, 0.4) is 0 Å². The lowest BCUT2D eigenvalue weighted by atomic mass is 10.2. The van der Waals surface area contributed by atoms with Crippen LogP contribution in [-0.2, 0) is 4.79 Å². The Hall–Kier alpha value is -2.54. The molecule has 1 saturated heterocycles. The molecule has 130 valence electrons. The minimum absolute atomic E-state index is 0.0684. The first kappa shape index (κ1) is 16.0. The smallest absolute Gasteiger partial charge is 0.246 e. The Morgan fingerprint density at radius 3 is 2.68 bits per heavy atom. The average Bonchev–Trinajstić information content (AvgIpc) is 2.62. The first-order valence-corrected chi connectivity index (χ1v) is 8.67. The Morgan fingerprint density at radius 1 is 1.16 bits per heavy atom. The predicted octanol–water partition coefficient (Wildman–Crippen LogP) is 2.21. The van der Waals surface area contributed by atoms with E-state index in [4.69, 9.17) is 11.6 Å². The van der Waals surface area contributed by atoms with Gasteiger partial charge in [-0.1, -0.05) is 17.7 Å². The van der Waals surface area contributed by atoms with Gasteiger partial charge in [0.25, 0.3) is 0 Å². The van der Waals surface area contributed by atoms with Crippen LogP contribution < -0.4 is 20.4 Å². The number of amides is 1. The molecule has 1 aromatic carbocycles. The van der Waals surface area contributed by atoms with Crippen molar-refractivity contribution < 1.29 is 4.79 Å². The van der Waals surface area contributed by atoms with E-state index < -0.39 is 0 Å². The van der Waals surface area contributed by atoms with Crippen molar-refractivity contribution in [2.75, 3.05) is 46.6 Å². The number of nitrogens with one attached hydrogen (secondary N) is 2. The summed E-state index contributed by atoms with van der Waals surface area (Å²) in [6, 6.07) is 7.60. The van der Waals surface area contributed by atoms with Crippen LogP contribution in [0.4, 0.5) is 23.0 Å². The van der Waals surface area contributed by atoms with Gasteiger partial charge in [0.1, 0.15) is 18.1 Å². The molecule has 0 saturated carbocycles. The lowest BCUT2D eigenvalue weighted by Crippen LogP contribution is -2.47. The second kappa shape index (κ2) is 6.40. The fourth-order valence-electron chi connectivity index (χ4n) is 3.19. The first-order chi connectivity index (χ1) is 12.1. The summed E-state index contributed by atoms with van der Waals surface area (Å²) in [6.45, 7) is 5.14. The van der Waals surface area contributed by atoms with Crippen LogP contribution in [0.15, 0.2) is 30.6 Å². The van der Waals surface area contributed by atoms with Crippen molar-refractivity contribution in [3.63, 3.8) is 0 Å². The molecule has 1 unspecified atom stereocenters.